The van der Waals surface area contributed by atoms with Gasteiger partial charge in [-0.2, -0.15) is 0 Å². The van der Waals surface area contributed by atoms with Gasteiger partial charge in [0.2, 0.25) is 5.56 Å². The molecule has 6 nitrogen and oxygen atoms in total. The summed E-state index contributed by atoms with van der Waals surface area (Å²) in [5.41, 5.74) is 0.985. The van der Waals surface area contributed by atoms with Crippen LogP contribution in [0.3, 0.4) is 0 Å². The molecule has 0 radical (unpaired) electrons. The molecule has 0 aromatic carbocycles. The van der Waals surface area contributed by atoms with Gasteiger partial charge in [0, 0.05) is 50.7 Å². The summed E-state index contributed by atoms with van der Waals surface area (Å²) in [6, 6.07) is 2.99. The lowest BCUT2D eigenvalue weighted by Gasteiger charge is -2.28. The van der Waals surface area contributed by atoms with Crippen molar-refractivity contribution in [3.8, 4) is 0 Å². The molecule has 0 fully saturated rings. The van der Waals surface area contributed by atoms with E-state index in [9.17, 15) is 9.59 Å². The minimum Gasteiger partial charge on any atom is -0.341 e. The summed E-state index contributed by atoms with van der Waals surface area (Å²) in [5.74, 6) is 1.46. The highest BCUT2D eigenvalue weighted by Crippen LogP contribution is 2.20. The Hall–Kier alpha value is -2.37. The van der Waals surface area contributed by atoms with E-state index >= 15 is 0 Å². The van der Waals surface area contributed by atoms with Crippen LogP contribution < -0.4 is 5.56 Å². The molecule has 116 valence electrons. The second-order valence-corrected chi connectivity index (χ2v) is 5.94. The molecule has 6 heteroatoms. The Morgan fingerprint density at radius 2 is 2.32 bits per heavy atom. The number of aryl methyl sites for hydroxylation is 2. The SMILES string of the molecule is Cc1[nH]c(=O)ccc1C(=O)N(C)C[C@H]1CCn2ccnc2C1. The molecule has 22 heavy (non-hydrogen) atoms. The number of imidazole rings is 1. The monoisotopic (exact) mass is 300 g/mol. The van der Waals surface area contributed by atoms with Gasteiger partial charge in [-0.05, 0) is 25.3 Å². The van der Waals surface area contributed by atoms with E-state index in [0.717, 1.165) is 25.2 Å². The first-order chi connectivity index (χ1) is 10.5. The molecule has 2 aromatic rings. The number of aromatic amines is 1. The van der Waals surface area contributed by atoms with E-state index in [1.165, 1.54) is 6.07 Å². The molecule has 1 aliphatic rings. The lowest BCUT2D eigenvalue weighted by molar-refractivity contribution is 0.0762. The Kier molecular flexibility index (Phi) is 3.83. The third-order valence-corrected chi connectivity index (χ3v) is 4.28. The molecule has 1 amide bonds. The summed E-state index contributed by atoms with van der Waals surface area (Å²) in [4.78, 5) is 32.6. The van der Waals surface area contributed by atoms with Crippen LogP contribution in [0.5, 0.6) is 0 Å². The zero-order valence-electron chi connectivity index (χ0n) is 12.9. The first-order valence-corrected chi connectivity index (χ1v) is 7.50. The quantitative estimate of drug-likeness (QED) is 0.926. The number of amides is 1. The Labute approximate surface area is 128 Å². The second-order valence-electron chi connectivity index (χ2n) is 5.94. The van der Waals surface area contributed by atoms with Crippen LogP contribution in [-0.4, -0.2) is 38.9 Å². The van der Waals surface area contributed by atoms with E-state index in [0.29, 0.717) is 23.7 Å². The molecule has 0 unspecified atom stereocenters. The Morgan fingerprint density at radius 1 is 1.50 bits per heavy atom. The van der Waals surface area contributed by atoms with Crippen molar-refractivity contribution in [2.45, 2.75) is 26.3 Å². The molecule has 1 atom stereocenters. The van der Waals surface area contributed by atoms with Gasteiger partial charge in [-0.25, -0.2) is 4.98 Å². The zero-order valence-corrected chi connectivity index (χ0v) is 12.9. The van der Waals surface area contributed by atoms with Crippen molar-refractivity contribution in [2.24, 2.45) is 5.92 Å². The van der Waals surface area contributed by atoms with Crippen molar-refractivity contribution in [3.63, 3.8) is 0 Å². The van der Waals surface area contributed by atoms with Crippen molar-refractivity contribution < 1.29 is 4.79 Å². The van der Waals surface area contributed by atoms with E-state index < -0.39 is 0 Å². The first-order valence-electron chi connectivity index (χ1n) is 7.50. The van der Waals surface area contributed by atoms with E-state index in [-0.39, 0.29) is 11.5 Å². The predicted molar refractivity (Wildman–Crippen MR) is 82.8 cm³/mol. The summed E-state index contributed by atoms with van der Waals surface area (Å²) in [6.45, 7) is 3.41. The number of nitrogens with zero attached hydrogens (tertiary/aromatic N) is 3. The van der Waals surface area contributed by atoms with Crippen LogP contribution in [0, 0.1) is 12.8 Å². The number of rotatable bonds is 3. The van der Waals surface area contributed by atoms with Crippen LogP contribution in [0.1, 0.15) is 28.3 Å². The third-order valence-electron chi connectivity index (χ3n) is 4.28. The van der Waals surface area contributed by atoms with Crippen molar-refractivity contribution in [1.82, 2.24) is 19.4 Å². The Balaban J connectivity index is 1.68. The fraction of sp³-hybridized carbons (Fsp3) is 0.438. The third kappa shape index (κ3) is 2.81. The highest BCUT2D eigenvalue weighted by Gasteiger charge is 2.23. The Morgan fingerprint density at radius 3 is 3.09 bits per heavy atom. The number of pyridine rings is 1. The maximum Gasteiger partial charge on any atom is 0.255 e. The number of hydrogen-bond acceptors (Lipinski definition) is 3. The van der Waals surface area contributed by atoms with E-state index in [1.54, 1.807) is 17.9 Å². The summed E-state index contributed by atoms with van der Waals surface area (Å²) >= 11 is 0. The van der Waals surface area contributed by atoms with Crippen molar-refractivity contribution >= 4 is 5.91 Å². The maximum atomic E-state index is 12.5. The molecule has 0 spiro atoms. The predicted octanol–water partition coefficient (Wildman–Crippen LogP) is 1.21. The molecular formula is C16H20N4O2. The molecule has 0 bridgehead atoms. The molecule has 2 aromatic heterocycles. The van der Waals surface area contributed by atoms with Crippen molar-refractivity contribution in [3.05, 3.63) is 52.0 Å². The topological polar surface area (TPSA) is 71.0 Å². The molecule has 1 N–H and O–H groups in total. The van der Waals surface area contributed by atoms with E-state index in [2.05, 4.69) is 14.5 Å². The fourth-order valence-electron chi connectivity index (χ4n) is 3.06. The number of carbonyl (C=O) groups is 1. The number of H-pyrrole nitrogens is 1. The molecule has 0 saturated heterocycles. The minimum atomic E-state index is -0.184. The molecule has 3 rings (SSSR count). The highest BCUT2D eigenvalue weighted by molar-refractivity contribution is 5.95. The average Bonchev–Trinajstić information content (AvgIpc) is 2.94. The number of fused-ring (bicyclic) bond motifs is 1. The lowest BCUT2D eigenvalue weighted by Crippen LogP contribution is -2.35. The van der Waals surface area contributed by atoms with E-state index in [4.69, 9.17) is 0 Å². The van der Waals surface area contributed by atoms with Crippen molar-refractivity contribution in [2.75, 3.05) is 13.6 Å². The fourth-order valence-corrected chi connectivity index (χ4v) is 3.06. The smallest absolute Gasteiger partial charge is 0.255 e. The first kappa shape index (κ1) is 14.6. The zero-order chi connectivity index (χ0) is 15.7. The van der Waals surface area contributed by atoms with Gasteiger partial charge in [0.1, 0.15) is 5.82 Å². The van der Waals surface area contributed by atoms with Crippen LogP contribution in [0.4, 0.5) is 0 Å². The van der Waals surface area contributed by atoms with Gasteiger partial charge in [-0.15, -0.1) is 0 Å². The lowest BCUT2D eigenvalue weighted by atomic mass is 9.97. The minimum absolute atomic E-state index is 0.0531. The molecule has 0 saturated carbocycles. The van der Waals surface area contributed by atoms with Gasteiger partial charge in [0.15, 0.2) is 0 Å². The summed E-state index contributed by atoms with van der Waals surface area (Å²) in [6.07, 6.45) is 5.78. The Bertz CT molecular complexity index is 747. The van der Waals surface area contributed by atoms with Crippen LogP contribution in [0.15, 0.2) is 29.3 Å². The number of carbonyl (C=O) groups excluding carboxylic acids is 1. The van der Waals surface area contributed by atoms with Gasteiger partial charge in [-0.1, -0.05) is 0 Å². The van der Waals surface area contributed by atoms with Crippen LogP contribution in [0.2, 0.25) is 0 Å². The van der Waals surface area contributed by atoms with Gasteiger partial charge in [0.05, 0.1) is 5.56 Å². The van der Waals surface area contributed by atoms with Gasteiger partial charge in [-0.3, -0.25) is 9.59 Å². The standard InChI is InChI=1S/C16H20N4O2/c1-11-13(3-4-15(21)18-11)16(22)19(2)10-12-5-7-20-8-6-17-14(20)9-12/h3-4,6,8,12H,5,7,9-10H2,1-2H3,(H,18,21)/t12-/m0/s1. The normalized spacial score (nSPS) is 17.1. The average molecular weight is 300 g/mol. The molecule has 1 aliphatic heterocycles. The van der Waals surface area contributed by atoms with E-state index in [1.807, 2.05) is 19.4 Å². The van der Waals surface area contributed by atoms with Crippen LogP contribution in [-0.2, 0) is 13.0 Å². The summed E-state index contributed by atoms with van der Waals surface area (Å²) in [7, 11) is 1.81. The largest absolute Gasteiger partial charge is 0.341 e. The van der Waals surface area contributed by atoms with Crippen LogP contribution >= 0.6 is 0 Å². The summed E-state index contributed by atoms with van der Waals surface area (Å²) < 4.78 is 2.17. The van der Waals surface area contributed by atoms with Gasteiger partial charge >= 0.3 is 0 Å². The van der Waals surface area contributed by atoms with Crippen molar-refractivity contribution in [1.29, 1.82) is 0 Å². The second kappa shape index (κ2) is 5.79. The highest BCUT2D eigenvalue weighted by atomic mass is 16.2. The molecule has 0 aliphatic carbocycles. The number of aromatic nitrogens is 3. The summed E-state index contributed by atoms with van der Waals surface area (Å²) in [5, 5.41) is 0. The number of nitrogens with one attached hydrogen (secondary N) is 1. The molecular weight excluding hydrogens is 280 g/mol. The van der Waals surface area contributed by atoms with Crippen LogP contribution in [0.25, 0.3) is 0 Å². The molecule has 3 heterocycles. The van der Waals surface area contributed by atoms with Gasteiger partial charge < -0.3 is 14.5 Å². The van der Waals surface area contributed by atoms with Gasteiger partial charge in [0.25, 0.3) is 5.91 Å². The number of hydrogen-bond donors (Lipinski definition) is 1. The maximum absolute atomic E-state index is 12.5.